The Morgan fingerprint density at radius 1 is 1.31 bits per heavy atom. The summed E-state index contributed by atoms with van der Waals surface area (Å²) in [6.45, 7) is 4.65. The lowest BCUT2D eigenvalue weighted by atomic mass is 9.75. The molecular formula is C11H24N2. The van der Waals surface area contributed by atoms with Crippen LogP contribution < -0.4 is 5.73 Å². The molecule has 0 aromatic heterocycles. The molecule has 1 fully saturated rings. The molecule has 13 heavy (non-hydrogen) atoms. The van der Waals surface area contributed by atoms with Crippen LogP contribution in [0.1, 0.15) is 45.4 Å². The topological polar surface area (TPSA) is 29.3 Å². The summed E-state index contributed by atoms with van der Waals surface area (Å²) in [5.41, 5.74) is 6.36. The van der Waals surface area contributed by atoms with Gasteiger partial charge in [0, 0.05) is 5.54 Å². The van der Waals surface area contributed by atoms with Crippen molar-refractivity contribution in [1.29, 1.82) is 0 Å². The van der Waals surface area contributed by atoms with Gasteiger partial charge in [-0.15, -0.1) is 0 Å². The average Bonchev–Trinajstić information content (AvgIpc) is 2.08. The predicted octanol–water partition coefficient (Wildman–Crippen LogP) is 1.99. The van der Waals surface area contributed by atoms with Crippen molar-refractivity contribution in [2.24, 2.45) is 5.73 Å². The molecule has 1 saturated carbocycles. The number of unbranched alkanes of at least 4 members (excludes halogenated alkanes) is 1. The zero-order valence-electron chi connectivity index (χ0n) is 9.18. The summed E-state index contributed by atoms with van der Waals surface area (Å²) in [5.74, 6) is 0. The Labute approximate surface area is 82.5 Å². The third-order valence-electron chi connectivity index (χ3n) is 3.23. The molecule has 0 heterocycles. The van der Waals surface area contributed by atoms with Crippen molar-refractivity contribution in [3.8, 4) is 0 Å². The molecule has 0 atom stereocenters. The van der Waals surface area contributed by atoms with Gasteiger partial charge < -0.3 is 10.6 Å². The van der Waals surface area contributed by atoms with Gasteiger partial charge in [0.25, 0.3) is 0 Å². The molecule has 0 spiro atoms. The summed E-state index contributed by atoms with van der Waals surface area (Å²) in [6.07, 6.45) is 7.62. The Kier molecular flexibility index (Phi) is 4.20. The maximum atomic E-state index is 6.15. The van der Waals surface area contributed by atoms with Crippen molar-refractivity contribution in [2.75, 3.05) is 20.1 Å². The maximum absolute atomic E-state index is 6.15. The number of nitrogens with zero attached hydrogens (tertiary/aromatic N) is 1. The highest BCUT2D eigenvalue weighted by atomic mass is 15.1. The van der Waals surface area contributed by atoms with Crippen molar-refractivity contribution in [2.45, 2.75) is 51.0 Å². The Balaban J connectivity index is 2.03. The van der Waals surface area contributed by atoms with E-state index in [-0.39, 0.29) is 5.54 Å². The van der Waals surface area contributed by atoms with Crippen molar-refractivity contribution < 1.29 is 0 Å². The second kappa shape index (κ2) is 4.97. The summed E-state index contributed by atoms with van der Waals surface area (Å²) in [6, 6.07) is 0. The Hall–Kier alpha value is -0.0800. The molecule has 2 nitrogen and oxygen atoms in total. The van der Waals surface area contributed by atoms with E-state index in [1.54, 1.807) is 0 Å². The van der Waals surface area contributed by atoms with Crippen LogP contribution in [0.2, 0.25) is 0 Å². The summed E-state index contributed by atoms with van der Waals surface area (Å²) in [5, 5.41) is 0. The number of hydrogen-bond donors (Lipinski definition) is 1. The molecule has 0 aromatic rings. The first kappa shape index (κ1) is 11.0. The lowest BCUT2D eigenvalue weighted by Crippen LogP contribution is -2.48. The number of rotatable bonds is 6. The molecule has 2 heteroatoms. The quantitative estimate of drug-likeness (QED) is 0.684. The average molecular weight is 184 g/mol. The Bertz CT molecular complexity index is 141. The van der Waals surface area contributed by atoms with Gasteiger partial charge in [-0.25, -0.2) is 0 Å². The minimum Gasteiger partial charge on any atom is -0.325 e. The van der Waals surface area contributed by atoms with Crippen LogP contribution in [0.4, 0.5) is 0 Å². The molecule has 0 aromatic carbocycles. The highest BCUT2D eigenvalue weighted by molar-refractivity contribution is 4.92. The van der Waals surface area contributed by atoms with Crippen LogP contribution in [0.25, 0.3) is 0 Å². The van der Waals surface area contributed by atoms with E-state index < -0.39 is 0 Å². The molecule has 78 valence electrons. The summed E-state index contributed by atoms with van der Waals surface area (Å²) >= 11 is 0. The van der Waals surface area contributed by atoms with E-state index in [0.29, 0.717) is 0 Å². The summed E-state index contributed by atoms with van der Waals surface area (Å²) in [7, 11) is 2.21. The molecular weight excluding hydrogens is 160 g/mol. The molecule has 0 saturated heterocycles. The highest BCUT2D eigenvalue weighted by Crippen LogP contribution is 2.31. The second-order valence-electron chi connectivity index (χ2n) is 4.62. The normalized spacial score (nSPS) is 20.3. The van der Waals surface area contributed by atoms with E-state index in [4.69, 9.17) is 5.73 Å². The molecule has 1 rings (SSSR count). The molecule has 0 unspecified atom stereocenters. The smallest absolute Gasteiger partial charge is 0.0166 e. The van der Waals surface area contributed by atoms with E-state index in [1.165, 1.54) is 51.6 Å². The van der Waals surface area contributed by atoms with Gasteiger partial charge in [-0.05, 0) is 52.2 Å². The van der Waals surface area contributed by atoms with Crippen LogP contribution in [0, 0.1) is 0 Å². The van der Waals surface area contributed by atoms with Gasteiger partial charge in [0.2, 0.25) is 0 Å². The molecule has 0 bridgehead atoms. The SMILES string of the molecule is CCCCN(C)CCC1(N)CCC1. The molecule has 1 aliphatic carbocycles. The van der Waals surface area contributed by atoms with E-state index in [9.17, 15) is 0 Å². The minimum absolute atomic E-state index is 0.209. The van der Waals surface area contributed by atoms with E-state index >= 15 is 0 Å². The minimum atomic E-state index is 0.209. The first-order chi connectivity index (χ1) is 6.16. The van der Waals surface area contributed by atoms with Crippen LogP contribution >= 0.6 is 0 Å². The largest absolute Gasteiger partial charge is 0.325 e. The van der Waals surface area contributed by atoms with Crippen LogP contribution in [0.5, 0.6) is 0 Å². The fourth-order valence-corrected chi connectivity index (χ4v) is 1.83. The number of nitrogens with two attached hydrogens (primary N) is 1. The maximum Gasteiger partial charge on any atom is 0.0166 e. The zero-order valence-corrected chi connectivity index (χ0v) is 9.18. The first-order valence-corrected chi connectivity index (χ1v) is 5.64. The van der Waals surface area contributed by atoms with Crippen molar-refractivity contribution in [1.82, 2.24) is 4.90 Å². The van der Waals surface area contributed by atoms with Crippen LogP contribution in [0.15, 0.2) is 0 Å². The van der Waals surface area contributed by atoms with Crippen molar-refractivity contribution in [3.63, 3.8) is 0 Å². The van der Waals surface area contributed by atoms with Gasteiger partial charge in [0.05, 0.1) is 0 Å². The first-order valence-electron chi connectivity index (χ1n) is 5.64. The van der Waals surface area contributed by atoms with E-state index in [2.05, 4.69) is 18.9 Å². The fraction of sp³-hybridized carbons (Fsp3) is 1.00. The lowest BCUT2D eigenvalue weighted by Gasteiger charge is -2.39. The van der Waals surface area contributed by atoms with Crippen LogP contribution in [-0.4, -0.2) is 30.6 Å². The van der Waals surface area contributed by atoms with Crippen LogP contribution in [0.3, 0.4) is 0 Å². The lowest BCUT2D eigenvalue weighted by molar-refractivity contribution is 0.195. The fourth-order valence-electron chi connectivity index (χ4n) is 1.83. The zero-order chi connectivity index (χ0) is 9.73. The van der Waals surface area contributed by atoms with Crippen molar-refractivity contribution >= 4 is 0 Å². The molecule has 1 aliphatic rings. The second-order valence-corrected chi connectivity index (χ2v) is 4.62. The summed E-state index contributed by atoms with van der Waals surface area (Å²) < 4.78 is 0. The Morgan fingerprint density at radius 3 is 2.46 bits per heavy atom. The van der Waals surface area contributed by atoms with E-state index in [1.807, 2.05) is 0 Å². The molecule has 2 N–H and O–H groups in total. The molecule has 0 radical (unpaired) electrons. The third-order valence-corrected chi connectivity index (χ3v) is 3.23. The molecule has 0 aliphatic heterocycles. The standard InChI is InChI=1S/C11H24N2/c1-3-4-9-13(2)10-8-11(12)6-5-7-11/h3-10,12H2,1-2H3. The van der Waals surface area contributed by atoms with Gasteiger partial charge >= 0.3 is 0 Å². The van der Waals surface area contributed by atoms with Gasteiger partial charge in [-0.1, -0.05) is 13.3 Å². The third kappa shape index (κ3) is 3.65. The van der Waals surface area contributed by atoms with Crippen molar-refractivity contribution in [3.05, 3.63) is 0 Å². The Morgan fingerprint density at radius 2 is 2.00 bits per heavy atom. The monoisotopic (exact) mass is 184 g/mol. The van der Waals surface area contributed by atoms with Gasteiger partial charge in [-0.3, -0.25) is 0 Å². The highest BCUT2D eigenvalue weighted by Gasteiger charge is 2.31. The van der Waals surface area contributed by atoms with E-state index in [0.717, 1.165) is 0 Å². The summed E-state index contributed by atoms with van der Waals surface area (Å²) in [4.78, 5) is 2.41. The predicted molar refractivity (Wildman–Crippen MR) is 57.8 cm³/mol. The van der Waals surface area contributed by atoms with Crippen LogP contribution in [-0.2, 0) is 0 Å². The number of hydrogen-bond acceptors (Lipinski definition) is 2. The molecule has 0 amide bonds. The van der Waals surface area contributed by atoms with Gasteiger partial charge in [0.1, 0.15) is 0 Å². The van der Waals surface area contributed by atoms with Gasteiger partial charge in [0.15, 0.2) is 0 Å². The van der Waals surface area contributed by atoms with Gasteiger partial charge in [-0.2, -0.15) is 0 Å².